The third-order valence-corrected chi connectivity index (χ3v) is 2.56. The van der Waals surface area contributed by atoms with Crippen molar-refractivity contribution in [3.8, 4) is 0 Å². The van der Waals surface area contributed by atoms with Gasteiger partial charge in [-0.1, -0.05) is 30.3 Å². The van der Waals surface area contributed by atoms with Gasteiger partial charge in [0, 0.05) is 12.6 Å². The average Bonchev–Trinajstić information content (AvgIpc) is 2.31. The van der Waals surface area contributed by atoms with Gasteiger partial charge in [-0.2, -0.15) is 0 Å². The third-order valence-electron chi connectivity index (χ3n) is 2.56. The zero-order chi connectivity index (χ0) is 10.9. The van der Waals surface area contributed by atoms with E-state index in [0.717, 1.165) is 26.1 Å². The van der Waals surface area contributed by atoms with E-state index in [1.807, 2.05) is 14.0 Å². The molecule has 2 heteroatoms. The lowest BCUT2D eigenvalue weighted by Crippen LogP contribution is -2.30. The molecule has 1 rings (SSSR count). The van der Waals surface area contributed by atoms with Crippen LogP contribution >= 0.6 is 0 Å². The molecule has 0 amide bonds. The number of rotatable bonds is 7. The molecule has 0 bridgehead atoms. The van der Waals surface area contributed by atoms with Gasteiger partial charge in [-0.05, 0) is 32.4 Å². The Morgan fingerprint density at radius 3 is 2.60 bits per heavy atom. The Labute approximate surface area is 92.6 Å². The standard InChI is InChI=1S/C13H21NO/c1-3-15-11-13(14-2)10-9-12-7-5-4-6-8-12/h4-8,13-14H,3,9-11H2,1-2H3. The van der Waals surface area contributed by atoms with Crippen LogP contribution in [0.15, 0.2) is 30.3 Å². The number of ether oxygens (including phenoxy) is 1. The first-order valence-corrected chi connectivity index (χ1v) is 5.65. The van der Waals surface area contributed by atoms with E-state index in [4.69, 9.17) is 4.74 Å². The topological polar surface area (TPSA) is 21.3 Å². The zero-order valence-electron chi connectivity index (χ0n) is 9.70. The van der Waals surface area contributed by atoms with Crippen LogP contribution in [0, 0.1) is 0 Å². The molecule has 0 aliphatic heterocycles. The molecule has 0 radical (unpaired) electrons. The first kappa shape index (κ1) is 12.2. The summed E-state index contributed by atoms with van der Waals surface area (Å²) < 4.78 is 5.41. The van der Waals surface area contributed by atoms with Crippen molar-refractivity contribution in [3.05, 3.63) is 35.9 Å². The van der Waals surface area contributed by atoms with Gasteiger partial charge in [-0.3, -0.25) is 0 Å². The van der Waals surface area contributed by atoms with Crippen LogP contribution in [0.2, 0.25) is 0 Å². The van der Waals surface area contributed by atoms with E-state index in [0.29, 0.717) is 6.04 Å². The van der Waals surface area contributed by atoms with Gasteiger partial charge in [0.2, 0.25) is 0 Å². The van der Waals surface area contributed by atoms with Gasteiger partial charge < -0.3 is 10.1 Å². The van der Waals surface area contributed by atoms with Crippen molar-refractivity contribution < 1.29 is 4.74 Å². The quantitative estimate of drug-likeness (QED) is 0.740. The predicted molar refractivity (Wildman–Crippen MR) is 64.1 cm³/mol. The van der Waals surface area contributed by atoms with Gasteiger partial charge in [-0.15, -0.1) is 0 Å². The Balaban J connectivity index is 2.28. The molecule has 0 saturated carbocycles. The highest BCUT2D eigenvalue weighted by Gasteiger charge is 2.05. The van der Waals surface area contributed by atoms with Crippen molar-refractivity contribution in [1.82, 2.24) is 5.32 Å². The first-order chi connectivity index (χ1) is 7.36. The lowest BCUT2D eigenvalue weighted by molar-refractivity contribution is 0.122. The molecule has 1 atom stereocenters. The summed E-state index contributed by atoms with van der Waals surface area (Å²) in [6, 6.07) is 11.0. The molecule has 84 valence electrons. The molecule has 15 heavy (non-hydrogen) atoms. The Morgan fingerprint density at radius 1 is 1.27 bits per heavy atom. The van der Waals surface area contributed by atoms with Crippen LogP contribution in [-0.2, 0) is 11.2 Å². The normalized spacial score (nSPS) is 12.7. The molecular weight excluding hydrogens is 186 g/mol. The van der Waals surface area contributed by atoms with Crippen LogP contribution in [0.4, 0.5) is 0 Å². The van der Waals surface area contributed by atoms with Crippen LogP contribution in [0.25, 0.3) is 0 Å². The molecule has 0 fully saturated rings. The minimum Gasteiger partial charge on any atom is -0.380 e. The summed E-state index contributed by atoms with van der Waals surface area (Å²) in [5, 5.41) is 3.28. The summed E-state index contributed by atoms with van der Waals surface area (Å²) >= 11 is 0. The minimum absolute atomic E-state index is 0.463. The number of aryl methyl sites for hydroxylation is 1. The molecule has 1 unspecified atom stereocenters. The van der Waals surface area contributed by atoms with E-state index in [1.165, 1.54) is 5.56 Å². The fourth-order valence-corrected chi connectivity index (χ4v) is 1.56. The molecule has 2 nitrogen and oxygen atoms in total. The second kappa shape index (κ2) is 7.43. The lowest BCUT2D eigenvalue weighted by Gasteiger charge is -2.15. The first-order valence-electron chi connectivity index (χ1n) is 5.65. The molecule has 0 aromatic heterocycles. The summed E-state index contributed by atoms with van der Waals surface area (Å²) in [6.45, 7) is 3.63. The highest BCUT2D eigenvalue weighted by atomic mass is 16.5. The summed E-state index contributed by atoms with van der Waals surface area (Å²) in [4.78, 5) is 0. The Hall–Kier alpha value is -0.860. The van der Waals surface area contributed by atoms with Crippen molar-refractivity contribution in [2.45, 2.75) is 25.8 Å². The monoisotopic (exact) mass is 207 g/mol. The second-order valence-corrected chi connectivity index (χ2v) is 3.67. The molecule has 1 aromatic carbocycles. The van der Waals surface area contributed by atoms with E-state index in [2.05, 4.69) is 35.6 Å². The fraction of sp³-hybridized carbons (Fsp3) is 0.538. The van der Waals surface area contributed by atoms with Crippen molar-refractivity contribution in [2.24, 2.45) is 0 Å². The van der Waals surface area contributed by atoms with Gasteiger partial charge in [0.15, 0.2) is 0 Å². The maximum Gasteiger partial charge on any atom is 0.0619 e. The summed E-state index contributed by atoms with van der Waals surface area (Å²) in [5.74, 6) is 0. The smallest absolute Gasteiger partial charge is 0.0619 e. The minimum atomic E-state index is 0.463. The molecule has 1 N–H and O–H groups in total. The number of hydrogen-bond acceptors (Lipinski definition) is 2. The summed E-state index contributed by atoms with van der Waals surface area (Å²) in [5.41, 5.74) is 1.40. The van der Waals surface area contributed by atoms with Crippen LogP contribution in [-0.4, -0.2) is 26.3 Å². The molecule has 0 aliphatic carbocycles. The zero-order valence-corrected chi connectivity index (χ0v) is 9.70. The Morgan fingerprint density at radius 2 is 2.00 bits per heavy atom. The van der Waals surface area contributed by atoms with Gasteiger partial charge in [0.05, 0.1) is 6.61 Å². The molecule has 0 spiro atoms. The van der Waals surface area contributed by atoms with Crippen molar-refractivity contribution in [2.75, 3.05) is 20.3 Å². The van der Waals surface area contributed by atoms with Crippen LogP contribution < -0.4 is 5.32 Å². The van der Waals surface area contributed by atoms with Gasteiger partial charge in [0.25, 0.3) is 0 Å². The van der Waals surface area contributed by atoms with Crippen LogP contribution in [0.1, 0.15) is 18.9 Å². The van der Waals surface area contributed by atoms with Crippen molar-refractivity contribution in [3.63, 3.8) is 0 Å². The highest BCUT2D eigenvalue weighted by molar-refractivity contribution is 5.14. The average molecular weight is 207 g/mol. The van der Waals surface area contributed by atoms with Gasteiger partial charge >= 0.3 is 0 Å². The molecule has 0 aliphatic rings. The molecular formula is C13H21NO. The van der Waals surface area contributed by atoms with E-state index in [9.17, 15) is 0 Å². The third kappa shape index (κ3) is 4.96. The number of likely N-dealkylation sites (N-methyl/N-ethyl adjacent to an activating group) is 1. The van der Waals surface area contributed by atoms with E-state index in [1.54, 1.807) is 0 Å². The maximum atomic E-state index is 5.41. The molecule has 0 heterocycles. The molecule has 0 saturated heterocycles. The SMILES string of the molecule is CCOCC(CCc1ccccc1)NC. The predicted octanol–water partition coefficient (Wildman–Crippen LogP) is 2.24. The van der Waals surface area contributed by atoms with Gasteiger partial charge in [-0.25, -0.2) is 0 Å². The van der Waals surface area contributed by atoms with E-state index < -0.39 is 0 Å². The number of benzene rings is 1. The molecule has 1 aromatic rings. The van der Waals surface area contributed by atoms with E-state index in [-0.39, 0.29) is 0 Å². The highest BCUT2D eigenvalue weighted by Crippen LogP contribution is 2.05. The maximum absolute atomic E-state index is 5.41. The second-order valence-electron chi connectivity index (χ2n) is 3.67. The summed E-state index contributed by atoms with van der Waals surface area (Å²) in [7, 11) is 1.99. The summed E-state index contributed by atoms with van der Waals surface area (Å²) in [6.07, 6.45) is 2.24. The van der Waals surface area contributed by atoms with Crippen molar-refractivity contribution in [1.29, 1.82) is 0 Å². The van der Waals surface area contributed by atoms with Crippen LogP contribution in [0.5, 0.6) is 0 Å². The van der Waals surface area contributed by atoms with Gasteiger partial charge in [0.1, 0.15) is 0 Å². The Bertz CT molecular complexity index is 248. The lowest BCUT2D eigenvalue weighted by atomic mass is 10.1. The van der Waals surface area contributed by atoms with E-state index >= 15 is 0 Å². The largest absolute Gasteiger partial charge is 0.380 e. The van der Waals surface area contributed by atoms with Crippen LogP contribution in [0.3, 0.4) is 0 Å². The number of hydrogen-bond donors (Lipinski definition) is 1. The fourth-order valence-electron chi connectivity index (χ4n) is 1.56. The number of nitrogens with one attached hydrogen (secondary N) is 1. The Kier molecular flexibility index (Phi) is 6.05. The van der Waals surface area contributed by atoms with Crippen molar-refractivity contribution >= 4 is 0 Å².